The SMILES string of the molecule is O=C(O)c1cccc(/C=C/C23CCC(OCc4c(-c5ccccc5C(F)(F)F)noc4C4CC4)(CC2)CC3)c1. The Hall–Kier alpha value is -3.39. The molecule has 0 saturated heterocycles. The summed E-state index contributed by atoms with van der Waals surface area (Å²) in [5, 5.41) is 13.4. The van der Waals surface area contributed by atoms with E-state index in [-0.39, 0.29) is 40.4 Å². The van der Waals surface area contributed by atoms with Crippen molar-refractivity contribution in [3.63, 3.8) is 0 Å². The Labute approximate surface area is 224 Å². The number of ether oxygens (including phenoxy) is 1. The number of benzene rings is 2. The number of carbonyl (C=O) groups is 1. The van der Waals surface area contributed by atoms with Gasteiger partial charge in [0.15, 0.2) is 0 Å². The third-order valence-corrected chi connectivity index (χ3v) is 8.78. The van der Waals surface area contributed by atoms with Crippen molar-refractivity contribution in [1.29, 1.82) is 0 Å². The van der Waals surface area contributed by atoms with Crippen molar-refractivity contribution in [3.05, 3.63) is 82.6 Å². The number of allylic oxidation sites excluding steroid dienone is 1. The molecule has 39 heavy (non-hydrogen) atoms. The van der Waals surface area contributed by atoms with Crippen LogP contribution in [0.25, 0.3) is 17.3 Å². The summed E-state index contributed by atoms with van der Waals surface area (Å²) in [6.45, 7) is 0.182. The Kier molecular flexibility index (Phi) is 6.41. The van der Waals surface area contributed by atoms with Crippen LogP contribution in [0.4, 0.5) is 13.2 Å². The van der Waals surface area contributed by atoms with Gasteiger partial charge in [-0.2, -0.15) is 13.2 Å². The van der Waals surface area contributed by atoms with Crippen LogP contribution >= 0.6 is 0 Å². The Bertz CT molecular complexity index is 1390. The standard InChI is InChI=1S/C31H30F3NO4/c32-31(33,34)25-7-2-1-6-23(25)26-24(27(39-35-26)21-8-9-21)19-38-30-15-12-29(13-16-30,14-17-30)11-10-20-4-3-5-22(18-20)28(36)37/h1-7,10-11,18,21H,8-9,12-17,19H2,(H,36,37)/b11-10+. The predicted molar refractivity (Wildman–Crippen MR) is 139 cm³/mol. The number of hydrogen-bond acceptors (Lipinski definition) is 4. The number of halogens is 3. The Morgan fingerprint density at radius 3 is 2.44 bits per heavy atom. The van der Waals surface area contributed by atoms with Crippen molar-refractivity contribution in [3.8, 4) is 11.3 Å². The number of aromatic carboxylic acids is 1. The minimum Gasteiger partial charge on any atom is -0.478 e. The van der Waals surface area contributed by atoms with Gasteiger partial charge in [-0.05, 0) is 80.5 Å². The van der Waals surface area contributed by atoms with E-state index in [9.17, 15) is 23.1 Å². The fraction of sp³-hybridized carbons (Fsp3) is 0.419. The highest BCUT2D eigenvalue weighted by Crippen LogP contribution is 2.55. The van der Waals surface area contributed by atoms with Crippen molar-refractivity contribution >= 4 is 12.0 Å². The second kappa shape index (κ2) is 9.66. The maximum absolute atomic E-state index is 13.8. The van der Waals surface area contributed by atoms with Crippen LogP contribution in [0.3, 0.4) is 0 Å². The van der Waals surface area contributed by atoms with Gasteiger partial charge in [-0.1, -0.05) is 47.6 Å². The molecule has 1 heterocycles. The third kappa shape index (κ3) is 5.14. The number of alkyl halides is 3. The lowest BCUT2D eigenvalue weighted by molar-refractivity contribution is -0.137. The smallest absolute Gasteiger partial charge is 0.417 e. The minimum atomic E-state index is -4.50. The number of rotatable bonds is 8. The van der Waals surface area contributed by atoms with Gasteiger partial charge in [0.2, 0.25) is 0 Å². The molecule has 2 bridgehead atoms. The van der Waals surface area contributed by atoms with Gasteiger partial charge in [0.25, 0.3) is 0 Å². The molecule has 1 N–H and O–H groups in total. The molecule has 0 amide bonds. The van der Waals surface area contributed by atoms with Crippen molar-refractivity contribution < 1.29 is 32.3 Å². The Balaban J connectivity index is 1.18. The molecule has 5 nitrogen and oxygen atoms in total. The summed E-state index contributed by atoms with van der Waals surface area (Å²) in [7, 11) is 0. The first-order chi connectivity index (χ1) is 18.7. The molecule has 4 saturated carbocycles. The second-order valence-corrected chi connectivity index (χ2v) is 11.3. The second-order valence-electron chi connectivity index (χ2n) is 11.3. The van der Waals surface area contributed by atoms with Crippen LogP contribution < -0.4 is 0 Å². The summed E-state index contributed by atoms with van der Waals surface area (Å²) in [6, 6.07) is 12.4. The summed E-state index contributed by atoms with van der Waals surface area (Å²) < 4.78 is 53.6. The van der Waals surface area contributed by atoms with Crippen LogP contribution in [0.15, 0.2) is 59.1 Å². The number of fused-ring (bicyclic) bond motifs is 3. The Morgan fingerprint density at radius 2 is 1.77 bits per heavy atom. The topological polar surface area (TPSA) is 72.6 Å². The maximum Gasteiger partial charge on any atom is 0.417 e. The molecule has 8 heteroatoms. The van der Waals surface area contributed by atoms with E-state index >= 15 is 0 Å². The van der Waals surface area contributed by atoms with E-state index in [2.05, 4.69) is 11.2 Å². The van der Waals surface area contributed by atoms with E-state index in [4.69, 9.17) is 9.26 Å². The normalized spacial score (nSPS) is 24.9. The van der Waals surface area contributed by atoms with E-state index in [1.165, 1.54) is 12.1 Å². The van der Waals surface area contributed by atoms with Gasteiger partial charge in [-0.25, -0.2) is 4.79 Å². The molecule has 4 fully saturated rings. The predicted octanol–water partition coefficient (Wildman–Crippen LogP) is 8.26. The molecule has 4 aliphatic carbocycles. The number of carboxylic acid groups (broad SMARTS) is 1. The summed E-state index contributed by atoms with van der Waals surface area (Å²) in [5.74, 6) is -0.0928. The van der Waals surface area contributed by atoms with E-state index in [1.54, 1.807) is 24.3 Å². The van der Waals surface area contributed by atoms with Gasteiger partial charge in [-0.3, -0.25) is 0 Å². The lowest BCUT2D eigenvalue weighted by Gasteiger charge is -2.52. The van der Waals surface area contributed by atoms with Crippen LogP contribution in [0.5, 0.6) is 0 Å². The van der Waals surface area contributed by atoms with Crippen LogP contribution in [0, 0.1) is 5.41 Å². The molecular weight excluding hydrogens is 507 g/mol. The first kappa shape index (κ1) is 25.9. The van der Waals surface area contributed by atoms with E-state index in [0.717, 1.165) is 63.0 Å². The first-order valence-electron chi connectivity index (χ1n) is 13.5. The molecule has 204 valence electrons. The molecule has 7 rings (SSSR count). The molecular formula is C31H30F3NO4. The molecule has 2 aromatic carbocycles. The lowest BCUT2D eigenvalue weighted by atomic mass is 9.58. The van der Waals surface area contributed by atoms with Crippen LogP contribution in [0.1, 0.15) is 90.1 Å². The van der Waals surface area contributed by atoms with E-state index < -0.39 is 17.7 Å². The van der Waals surface area contributed by atoms with Crippen LogP contribution in [-0.4, -0.2) is 21.8 Å². The van der Waals surface area contributed by atoms with Crippen molar-refractivity contribution in [2.75, 3.05) is 0 Å². The number of carboxylic acids is 1. The number of hydrogen-bond donors (Lipinski definition) is 1. The first-order valence-corrected chi connectivity index (χ1v) is 13.5. The zero-order chi connectivity index (χ0) is 27.3. The quantitative estimate of drug-likeness (QED) is 0.313. The van der Waals surface area contributed by atoms with Gasteiger partial charge in [0, 0.05) is 17.0 Å². The highest BCUT2D eigenvalue weighted by Gasteiger charge is 2.48. The fourth-order valence-corrected chi connectivity index (χ4v) is 6.20. The van der Waals surface area contributed by atoms with Gasteiger partial charge < -0.3 is 14.4 Å². The van der Waals surface area contributed by atoms with Gasteiger partial charge in [-0.15, -0.1) is 0 Å². The summed E-state index contributed by atoms with van der Waals surface area (Å²) in [6.07, 6.45) is 7.09. The van der Waals surface area contributed by atoms with Crippen molar-refractivity contribution in [2.45, 2.75) is 75.7 Å². The summed E-state index contributed by atoms with van der Waals surface area (Å²) in [5.41, 5.74) is 1.06. The largest absolute Gasteiger partial charge is 0.478 e. The van der Waals surface area contributed by atoms with E-state index in [0.29, 0.717) is 11.3 Å². The zero-order valence-corrected chi connectivity index (χ0v) is 21.5. The highest BCUT2D eigenvalue weighted by molar-refractivity contribution is 5.88. The van der Waals surface area contributed by atoms with Crippen LogP contribution in [-0.2, 0) is 17.5 Å². The van der Waals surface area contributed by atoms with Gasteiger partial charge in [0.1, 0.15) is 11.5 Å². The molecule has 0 atom stereocenters. The summed E-state index contributed by atoms with van der Waals surface area (Å²) >= 11 is 0. The molecule has 0 spiro atoms. The summed E-state index contributed by atoms with van der Waals surface area (Å²) in [4.78, 5) is 11.3. The van der Waals surface area contributed by atoms with Crippen molar-refractivity contribution in [1.82, 2.24) is 5.16 Å². The Morgan fingerprint density at radius 1 is 1.05 bits per heavy atom. The van der Waals surface area contributed by atoms with Crippen molar-refractivity contribution in [2.24, 2.45) is 5.41 Å². The third-order valence-electron chi connectivity index (χ3n) is 8.78. The zero-order valence-electron chi connectivity index (χ0n) is 21.5. The average Bonchev–Trinajstić information content (AvgIpc) is 3.70. The molecule has 0 aliphatic heterocycles. The number of nitrogens with zero attached hydrogens (tertiary/aromatic N) is 1. The fourth-order valence-electron chi connectivity index (χ4n) is 6.20. The molecule has 1 aromatic heterocycles. The van der Waals surface area contributed by atoms with E-state index in [1.807, 2.05) is 12.1 Å². The monoisotopic (exact) mass is 537 g/mol. The molecule has 0 radical (unpaired) electrons. The van der Waals surface area contributed by atoms with Crippen LogP contribution in [0.2, 0.25) is 0 Å². The average molecular weight is 538 g/mol. The number of aromatic nitrogens is 1. The molecule has 0 unspecified atom stereocenters. The molecule has 3 aromatic rings. The van der Waals surface area contributed by atoms with Gasteiger partial charge in [0.05, 0.1) is 23.3 Å². The molecule has 4 aliphatic rings. The maximum atomic E-state index is 13.8. The highest BCUT2D eigenvalue weighted by atomic mass is 19.4. The minimum absolute atomic E-state index is 0.0279. The lowest BCUT2D eigenvalue weighted by Crippen LogP contribution is -2.46. The van der Waals surface area contributed by atoms with Gasteiger partial charge >= 0.3 is 12.1 Å².